The van der Waals surface area contributed by atoms with Gasteiger partial charge in [0.05, 0.1) is 7.11 Å². The van der Waals surface area contributed by atoms with Gasteiger partial charge in [0.1, 0.15) is 12.0 Å². The van der Waals surface area contributed by atoms with E-state index in [9.17, 15) is 13.2 Å². The summed E-state index contributed by atoms with van der Waals surface area (Å²) in [7, 11) is 1.31. The van der Waals surface area contributed by atoms with Gasteiger partial charge in [0.2, 0.25) is 0 Å². The Labute approximate surface area is 100 Å². The Morgan fingerprint density at radius 2 is 1.72 bits per heavy atom. The van der Waals surface area contributed by atoms with E-state index in [0.29, 0.717) is 0 Å². The lowest BCUT2D eigenvalue weighted by atomic mass is 10.1. The number of methoxy groups -OCH3 is 1. The number of ether oxygens (including phenoxy) is 1. The minimum Gasteiger partial charge on any atom is -0.491 e. The van der Waals surface area contributed by atoms with Gasteiger partial charge in [0.25, 0.3) is 0 Å². The zero-order valence-electron chi connectivity index (χ0n) is 9.25. The average molecular weight is 255 g/mol. The monoisotopic (exact) mass is 255 g/mol. The first-order chi connectivity index (χ1) is 8.54. The van der Waals surface area contributed by atoms with Gasteiger partial charge in [0, 0.05) is 5.56 Å². The second kappa shape index (κ2) is 4.52. The highest BCUT2D eigenvalue weighted by molar-refractivity contribution is 5.71. The minimum atomic E-state index is -1.54. The van der Waals surface area contributed by atoms with Gasteiger partial charge in [-0.25, -0.2) is 23.1 Å². The second-order valence-corrected chi connectivity index (χ2v) is 3.39. The molecule has 0 fully saturated rings. The molecule has 1 aromatic carbocycles. The quantitative estimate of drug-likeness (QED) is 0.835. The SMILES string of the molecule is COc1c(N)ncnc1-c1cc(F)c(F)c(F)c1. The van der Waals surface area contributed by atoms with Gasteiger partial charge in [-0.1, -0.05) is 0 Å². The first-order valence-electron chi connectivity index (χ1n) is 4.84. The molecule has 0 saturated carbocycles. The number of nitrogens with zero attached hydrogens (tertiary/aromatic N) is 2. The van der Waals surface area contributed by atoms with Crippen molar-refractivity contribution in [2.45, 2.75) is 0 Å². The van der Waals surface area contributed by atoms with E-state index < -0.39 is 17.5 Å². The van der Waals surface area contributed by atoms with Crippen LogP contribution in [0.5, 0.6) is 5.75 Å². The van der Waals surface area contributed by atoms with Crippen LogP contribution in [0.4, 0.5) is 19.0 Å². The van der Waals surface area contributed by atoms with Gasteiger partial charge in [-0.3, -0.25) is 0 Å². The molecule has 94 valence electrons. The molecule has 7 heteroatoms. The van der Waals surface area contributed by atoms with E-state index in [4.69, 9.17) is 10.5 Å². The van der Waals surface area contributed by atoms with Crippen molar-refractivity contribution in [1.82, 2.24) is 9.97 Å². The number of anilines is 1. The molecule has 2 N–H and O–H groups in total. The molecular weight excluding hydrogens is 247 g/mol. The molecule has 0 aliphatic heterocycles. The summed E-state index contributed by atoms with van der Waals surface area (Å²) in [6.45, 7) is 0. The summed E-state index contributed by atoms with van der Waals surface area (Å²) in [6, 6.07) is 1.62. The number of halogens is 3. The Bertz CT molecular complexity index is 581. The molecule has 1 heterocycles. The first kappa shape index (κ1) is 12.2. The summed E-state index contributed by atoms with van der Waals surface area (Å²) >= 11 is 0. The molecule has 0 radical (unpaired) electrons. The van der Waals surface area contributed by atoms with Gasteiger partial charge in [-0.2, -0.15) is 0 Å². The van der Waals surface area contributed by atoms with Gasteiger partial charge < -0.3 is 10.5 Å². The van der Waals surface area contributed by atoms with Gasteiger partial charge in [0.15, 0.2) is 29.0 Å². The molecule has 0 saturated heterocycles. The number of hydrogen-bond donors (Lipinski definition) is 1. The summed E-state index contributed by atoms with van der Waals surface area (Å²) in [5.74, 6) is -4.08. The highest BCUT2D eigenvalue weighted by atomic mass is 19.2. The van der Waals surface area contributed by atoms with E-state index in [1.165, 1.54) is 7.11 Å². The van der Waals surface area contributed by atoms with Crippen molar-refractivity contribution in [3.05, 3.63) is 35.9 Å². The first-order valence-corrected chi connectivity index (χ1v) is 4.84. The largest absolute Gasteiger partial charge is 0.491 e. The van der Waals surface area contributed by atoms with Crippen molar-refractivity contribution in [3.63, 3.8) is 0 Å². The van der Waals surface area contributed by atoms with Gasteiger partial charge in [-0.15, -0.1) is 0 Å². The van der Waals surface area contributed by atoms with E-state index >= 15 is 0 Å². The molecule has 1 aromatic heterocycles. The van der Waals surface area contributed by atoms with Crippen LogP contribution in [0.2, 0.25) is 0 Å². The van der Waals surface area contributed by atoms with E-state index in [1.807, 2.05) is 0 Å². The second-order valence-electron chi connectivity index (χ2n) is 3.39. The van der Waals surface area contributed by atoms with Crippen molar-refractivity contribution in [2.75, 3.05) is 12.8 Å². The van der Waals surface area contributed by atoms with Crippen LogP contribution in [0.3, 0.4) is 0 Å². The van der Waals surface area contributed by atoms with Crippen LogP contribution in [0.25, 0.3) is 11.3 Å². The lowest BCUT2D eigenvalue weighted by Crippen LogP contribution is -2.01. The number of nitrogens with two attached hydrogens (primary N) is 1. The Kier molecular flexibility index (Phi) is 3.05. The van der Waals surface area contributed by atoms with E-state index in [0.717, 1.165) is 18.5 Å². The van der Waals surface area contributed by atoms with Gasteiger partial charge >= 0.3 is 0 Å². The molecule has 0 aliphatic carbocycles. The maximum absolute atomic E-state index is 13.1. The molecule has 0 atom stereocenters. The third-order valence-electron chi connectivity index (χ3n) is 2.29. The number of aromatic nitrogens is 2. The fourth-order valence-electron chi connectivity index (χ4n) is 1.49. The predicted molar refractivity (Wildman–Crippen MR) is 58.3 cm³/mol. The third-order valence-corrected chi connectivity index (χ3v) is 2.29. The van der Waals surface area contributed by atoms with Crippen molar-refractivity contribution in [2.24, 2.45) is 0 Å². The lowest BCUT2D eigenvalue weighted by molar-refractivity contribution is 0.415. The highest BCUT2D eigenvalue weighted by Crippen LogP contribution is 2.32. The van der Waals surface area contributed by atoms with E-state index in [1.54, 1.807) is 0 Å². The number of rotatable bonds is 2. The number of hydrogen-bond acceptors (Lipinski definition) is 4. The summed E-state index contributed by atoms with van der Waals surface area (Å²) in [5, 5.41) is 0. The Balaban J connectivity index is 2.66. The minimum absolute atomic E-state index is 0.0114. The summed E-state index contributed by atoms with van der Waals surface area (Å²) in [6.07, 6.45) is 1.12. The van der Waals surface area contributed by atoms with Crippen LogP contribution in [-0.4, -0.2) is 17.1 Å². The molecule has 18 heavy (non-hydrogen) atoms. The maximum atomic E-state index is 13.1. The smallest absolute Gasteiger partial charge is 0.194 e. The van der Waals surface area contributed by atoms with Crippen LogP contribution in [-0.2, 0) is 0 Å². The molecule has 0 amide bonds. The molecule has 4 nitrogen and oxygen atoms in total. The van der Waals surface area contributed by atoms with Crippen molar-refractivity contribution >= 4 is 5.82 Å². The molecule has 0 aliphatic rings. The van der Waals surface area contributed by atoms with Crippen LogP contribution in [0.1, 0.15) is 0 Å². The van der Waals surface area contributed by atoms with Gasteiger partial charge in [-0.05, 0) is 12.1 Å². The fraction of sp³-hybridized carbons (Fsp3) is 0.0909. The van der Waals surface area contributed by atoms with E-state index in [2.05, 4.69) is 9.97 Å². The number of benzene rings is 1. The lowest BCUT2D eigenvalue weighted by Gasteiger charge is -2.09. The normalized spacial score (nSPS) is 10.4. The maximum Gasteiger partial charge on any atom is 0.194 e. The van der Waals surface area contributed by atoms with Crippen molar-refractivity contribution in [3.8, 4) is 17.0 Å². The summed E-state index contributed by atoms with van der Waals surface area (Å²) in [4.78, 5) is 7.50. The van der Waals surface area contributed by atoms with Crippen LogP contribution >= 0.6 is 0 Å². The van der Waals surface area contributed by atoms with Crippen LogP contribution < -0.4 is 10.5 Å². The molecule has 0 spiro atoms. The predicted octanol–water partition coefficient (Wildman–Crippen LogP) is 2.15. The van der Waals surface area contributed by atoms with Crippen LogP contribution in [0.15, 0.2) is 18.5 Å². The number of nitrogen functional groups attached to an aromatic ring is 1. The Morgan fingerprint density at radius 3 is 2.28 bits per heavy atom. The molecule has 2 rings (SSSR count). The van der Waals surface area contributed by atoms with E-state index in [-0.39, 0.29) is 22.8 Å². The molecule has 0 bridgehead atoms. The highest BCUT2D eigenvalue weighted by Gasteiger charge is 2.17. The average Bonchev–Trinajstić information content (AvgIpc) is 2.35. The van der Waals surface area contributed by atoms with Crippen molar-refractivity contribution < 1.29 is 17.9 Å². The molecule has 2 aromatic rings. The fourth-order valence-corrected chi connectivity index (χ4v) is 1.49. The van der Waals surface area contributed by atoms with Crippen molar-refractivity contribution in [1.29, 1.82) is 0 Å². The standard InChI is InChI=1S/C11H8F3N3O/c1-18-10-9(16-4-17-11(10)15)5-2-6(12)8(14)7(13)3-5/h2-4H,1H3,(H2,15,16,17). The Morgan fingerprint density at radius 1 is 1.11 bits per heavy atom. The third kappa shape index (κ3) is 1.94. The molecular formula is C11H8F3N3O. The Hall–Kier alpha value is -2.31. The summed E-state index contributed by atoms with van der Waals surface area (Å²) < 4.78 is 44.1. The zero-order valence-corrected chi connectivity index (χ0v) is 9.25. The van der Waals surface area contributed by atoms with Crippen LogP contribution in [0, 0.1) is 17.5 Å². The topological polar surface area (TPSA) is 61.0 Å². The summed E-state index contributed by atoms with van der Waals surface area (Å²) in [5.41, 5.74) is 5.63. The molecule has 0 unspecified atom stereocenters. The zero-order chi connectivity index (χ0) is 13.3.